The second-order valence-corrected chi connectivity index (χ2v) is 5.36. The van der Waals surface area contributed by atoms with E-state index in [2.05, 4.69) is 10.5 Å². The molecule has 0 radical (unpaired) electrons. The van der Waals surface area contributed by atoms with Crippen molar-refractivity contribution < 1.29 is 13.7 Å². The first-order chi connectivity index (χ1) is 10.2. The van der Waals surface area contributed by atoms with Gasteiger partial charge in [0.1, 0.15) is 11.5 Å². The predicted molar refractivity (Wildman–Crippen MR) is 75.7 cm³/mol. The predicted octanol–water partition coefficient (Wildman–Crippen LogP) is 3.29. The van der Waals surface area contributed by atoms with E-state index in [4.69, 9.17) is 4.52 Å². The van der Waals surface area contributed by atoms with E-state index < -0.39 is 0 Å². The van der Waals surface area contributed by atoms with E-state index >= 15 is 0 Å². The van der Waals surface area contributed by atoms with Crippen LogP contribution in [-0.4, -0.2) is 11.1 Å². The van der Waals surface area contributed by atoms with Crippen LogP contribution in [0.15, 0.2) is 34.9 Å². The lowest BCUT2D eigenvalue weighted by atomic mass is 10.1. The highest BCUT2D eigenvalue weighted by atomic mass is 19.1. The Morgan fingerprint density at radius 1 is 1.33 bits per heavy atom. The molecule has 1 amide bonds. The molecule has 1 N–H and O–H groups in total. The van der Waals surface area contributed by atoms with E-state index in [0.717, 1.165) is 25.7 Å². The number of carbonyl (C=O) groups excluding carboxylic acids is 1. The number of halogens is 1. The molecule has 2 aromatic rings. The fourth-order valence-electron chi connectivity index (χ4n) is 2.69. The average Bonchev–Trinajstić information content (AvgIpc) is 3.17. The van der Waals surface area contributed by atoms with Crippen LogP contribution in [0.25, 0.3) is 11.3 Å². The molecule has 21 heavy (non-hydrogen) atoms. The third kappa shape index (κ3) is 3.12. The van der Waals surface area contributed by atoms with Gasteiger partial charge in [-0.3, -0.25) is 4.79 Å². The molecule has 0 saturated heterocycles. The number of aromatic nitrogens is 1. The maximum atomic E-state index is 13.6. The molecule has 3 rings (SSSR count). The van der Waals surface area contributed by atoms with Gasteiger partial charge in [-0.15, -0.1) is 0 Å². The van der Waals surface area contributed by atoms with Crippen LogP contribution < -0.4 is 5.32 Å². The van der Waals surface area contributed by atoms with Crippen LogP contribution in [0.5, 0.6) is 0 Å². The van der Waals surface area contributed by atoms with Crippen molar-refractivity contribution in [1.29, 1.82) is 0 Å². The smallest absolute Gasteiger partial charge is 0.223 e. The summed E-state index contributed by atoms with van der Waals surface area (Å²) in [6.07, 6.45) is 4.18. The number of hydrogen-bond acceptors (Lipinski definition) is 3. The lowest BCUT2D eigenvalue weighted by Crippen LogP contribution is -2.28. The van der Waals surface area contributed by atoms with Crippen LogP contribution in [-0.2, 0) is 11.3 Å². The second kappa shape index (κ2) is 6.08. The zero-order chi connectivity index (χ0) is 14.7. The molecule has 1 aliphatic rings. The average molecular weight is 288 g/mol. The van der Waals surface area contributed by atoms with Gasteiger partial charge in [-0.05, 0) is 25.0 Å². The van der Waals surface area contributed by atoms with Crippen molar-refractivity contribution in [3.63, 3.8) is 0 Å². The summed E-state index contributed by atoms with van der Waals surface area (Å²) in [5.74, 6) is 0.222. The van der Waals surface area contributed by atoms with Gasteiger partial charge in [0.15, 0.2) is 5.76 Å². The Balaban J connectivity index is 1.63. The Morgan fingerprint density at radius 3 is 2.86 bits per heavy atom. The molecule has 110 valence electrons. The number of amides is 1. The Kier molecular flexibility index (Phi) is 3.99. The normalized spacial score (nSPS) is 15.3. The van der Waals surface area contributed by atoms with E-state index in [0.29, 0.717) is 23.6 Å². The molecule has 1 saturated carbocycles. The molecule has 1 fully saturated rings. The van der Waals surface area contributed by atoms with Crippen molar-refractivity contribution in [3.05, 3.63) is 41.8 Å². The molecule has 0 atom stereocenters. The Morgan fingerprint density at radius 2 is 2.10 bits per heavy atom. The molecule has 1 heterocycles. The SMILES string of the molecule is O=C(NCc1cc(-c2ccccc2F)on1)C1CCCC1. The highest BCUT2D eigenvalue weighted by Crippen LogP contribution is 2.25. The van der Waals surface area contributed by atoms with Gasteiger partial charge in [0.05, 0.1) is 12.1 Å². The largest absolute Gasteiger partial charge is 0.356 e. The lowest BCUT2D eigenvalue weighted by molar-refractivity contribution is -0.125. The molecule has 4 nitrogen and oxygen atoms in total. The maximum Gasteiger partial charge on any atom is 0.223 e. The summed E-state index contributed by atoms with van der Waals surface area (Å²) >= 11 is 0. The zero-order valence-electron chi connectivity index (χ0n) is 11.6. The summed E-state index contributed by atoms with van der Waals surface area (Å²) in [5, 5.41) is 6.74. The van der Waals surface area contributed by atoms with E-state index in [1.165, 1.54) is 6.07 Å². The van der Waals surface area contributed by atoms with E-state index in [1.807, 2.05) is 0 Å². The van der Waals surface area contributed by atoms with E-state index in [9.17, 15) is 9.18 Å². The number of nitrogens with zero attached hydrogens (tertiary/aromatic N) is 1. The lowest BCUT2D eigenvalue weighted by Gasteiger charge is -2.08. The van der Waals surface area contributed by atoms with Crippen LogP contribution >= 0.6 is 0 Å². The monoisotopic (exact) mass is 288 g/mol. The Hall–Kier alpha value is -2.17. The summed E-state index contributed by atoms with van der Waals surface area (Å²) in [7, 11) is 0. The first-order valence-corrected chi connectivity index (χ1v) is 7.22. The minimum atomic E-state index is -0.352. The van der Waals surface area contributed by atoms with Crippen molar-refractivity contribution in [1.82, 2.24) is 10.5 Å². The maximum absolute atomic E-state index is 13.6. The van der Waals surface area contributed by atoms with Gasteiger partial charge in [0.25, 0.3) is 0 Å². The minimum absolute atomic E-state index is 0.0722. The highest BCUT2D eigenvalue weighted by molar-refractivity contribution is 5.78. The summed E-state index contributed by atoms with van der Waals surface area (Å²) in [4.78, 5) is 11.9. The number of carbonyl (C=O) groups is 1. The molecular formula is C16H17FN2O2. The molecule has 0 aliphatic heterocycles. The van der Waals surface area contributed by atoms with E-state index in [1.54, 1.807) is 24.3 Å². The molecule has 1 aromatic carbocycles. The molecule has 0 unspecified atom stereocenters. The Bertz CT molecular complexity index is 633. The summed E-state index contributed by atoms with van der Waals surface area (Å²) < 4.78 is 18.8. The first-order valence-electron chi connectivity index (χ1n) is 7.22. The molecule has 1 aliphatic carbocycles. The van der Waals surface area contributed by atoms with Gasteiger partial charge in [-0.2, -0.15) is 0 Å². The number of rotatable bonds is 4. The second-order valence-electron chi connectivity index (χ2n) is 5.36. The standard InChI is InChI=1S/C16H17FN2O2/c17-14-8-4-3-7-13(14)15-9-12(19-21-15)10-18-16(20)11-5-1-2-6-11/h3-4,7-9,11H,1-2,5-6,10H2,(H,18,20). The van der Waals surface area contributed by atoms with Crippen molar-refractivity contribution in [2.24, 2.45) is 5.92 Å². The quantitative estimate of drug-likeness (QED) is 0.939. The van der Waals surface area contributed by atoms with Gasteiger partial charge in [-0.1, -0.05) is 30.1 Å². The zero-order valence-corrected chi connectivity index (χ0v) is 11.6. The van der Waals surface area contributed by atoms with Gasteiger partial charge in [-0.25, -0.2) is 4.39 Å². The van der Waals surface area contributed by atoms with E-state index in [-0.39, 0.29) is 17.6 Å². The molecule has 5 heteroatoms. The summed E-state index contributed by atoms with van der Waals surface area (Å²) in [5.41, 5.74) is 0.970. The number of benzene rings is 1. The third-order valence-corrected chi connectivity index (χ3v) is 3.87. The molecular weight excluding hydrogens is 271 g/mol. The molecule has 0 spiro atoms. The van der Waals surface area contributed by atoms with Gasteiger partial charge < -0.3 is 9.84 Å². The van der Waals surface area contributed by atoms with Crippen LogP contribution in [0.1, 0.15) is 31.4 Å². The summed E-state index contributed by atoms with van der Waals surface area (Å²) in [6, 6.07) is 8.03. The highest BCUT2D eigenvalue weighted by Gasteiger charge is 2.22. The number of hydrogen-bond donors (Lipinski definition) is 1. The van der Waals surface area contributed by atoms with Crippen LogP contribution in [0.2, 0.25) is 0 Å². The fourth-order valence-corrected chi connectivity index (χ4v) is 2.69. The van der Waals surface area contributed by atoms with Gasteiger partial charge in [0.2, 0.25) is 5.91 Å². The fraction of sp³-hybridized carbons (Fsp3) is 0.375. The van der Waals surface area contributed by atoms with Crippen molar-refractivity contribution in [2.45, 2.75) is 32.2 Å². The minimum Gasteiger partial charge on any atom is -0.356 e. The molecule has 1 aromatic heterocycles. The topological polar surface area (TPSA) is 55.1 Å². The van der Waals surface area contributed by atoms with Crippen molar-refractivity contribution in [2.75, 3.05) is 0 Å². The van der Waals surface area contributed by atoms with Gasteiger partial charge >= 0.3 is 0 Å². The van der Waals surface area contributed by atoms with Crippen LogP contribution in [0.4, 0.5) is 4.39 Å². The van der Waals surface area contributed by atoms with Gasteiger partial charge in [0, 0.05) is 12.0 Å². The Labute approximate surface area is 122 Å². The third-order valence-electron chi connectivity index (χ3n) is 3.87. The molecule has 0 bridgehead atoms. The first kappa shape index (κ1) is 13.8. The van der Waals surface area contributed by atoms with Crippen LogP contribution in [0.3, 0.4) is 0 Å². The van der Waals surface area contributed by atoms with Crippen LogP contribution in [0, 0.1) is 11.7 Å². The van der Waals surface area contributed by atoms with Crippen molar-refractivity contribution >= 4 is 5.91 Å². The number of nitrogens with one attached hydrogen (secondary N) is 1. The van der Waals surface area contributed by atoms with Crippen molar-refractivity contribution in [3.8, 4) is 11.3 Å². The summed E-state index contributed by atoms with van der Waals surface area (Å²) in [6.45, 7) is 0.313.